The minimum Gasteiger partial charge on any atom is -0.376 e. The summed E-state index contributed by atoms with van der Waals surface area (Å²) < 4.78 is 21.7. The number of amides is 1. The molecule has 0 radical (unpaired) electrons. The number of nitrogens with one attached hydrogen (secondary N) is 2. The number of hydrogen-bond donors (Lipinski definition) is 2. The molecular weight excluding hydrogens is 453 g/mol. The Balaban J connectivity index is 1.31. The van der Waals surface area contributed by atoms with E-state index in [1.807, 2.05) is 30.5 Å². The molecule has 0 spiro atoms. The first-order valence-electron chi connectivity index (χ1n) is 11.3. The van der Waals surface area contributed by atoms with Crippen molar-refractivity contribution in [1.82, 2.24) is 25.1 Å². The third kappa shape index (κ3) is 4.85. The van der Waals surface area contributed by atoms with Crippen molar-refractivity contribution in [3.63, 3.8) is 0 Å². The van der Waals surface area contributed by atoms with Gasteiger partial charge in [0.1, 0.15) is 5.82 Å². The summed E-state index contributed by atoms with van der Waals surface area (Å²) in [7, 11) is 0. The first kappa shape index (κ1) is 22.6. The molecule has 0 saturated carbocycles. The molecule has 2 N–H and O–H groups in total. The SMILES string of the molecule is Cc1ccc(CNC(=O)CSc2nnc(-c3c[nH]c4ccccc34)n2CC2CCCO2)cc1F. The van der Waals surface area contributed by atoms with Crippen LogP contribution in [0.25, 0.3) is 22.3 Å². The van der Waals surface area contributed by atoms with E-state index >= 15 is 0 Å². The molecule has 1 aliphatic heterocycles. The third-order valence-electron chi connectivity index (χ3n) is 6.02. The average molecular weight is 480 g/mol. The quantitative estimate of drug-likeness (QED) is 0.365. The van der Waals surface area contributed by atoms with E-state index in [-0.39, 0.29) is 30.1 Å². The number of fused-ring (bicyclic) bond motifs is 1. The van der Waals surface area contributed by atoms with Crippen LogP contribution in [0.2, 0.25) is 0 Å². The fourth-order valence-electron chi connectivity index (χ4n) is 4.14. The second kappa shape index (κ2) is 9.99. The number of carbonyl (C=O) groups is 1. The summed E-state index contributed by atoms with van der Waals surface area (Å²) in [5.74, 6) is 0.525. The van der Waals surface area contributed by atoms with E-state index in [0.717, 1.165) is 47.3 Å². The van der Waals surface area contributed by atoms with Gasteiger partial charge in [-0.3, -0.25) is 9.36 Å². The van der Waals surface area contributed by atoms with Gasteiger partial charge in [0, 0.05) is 35.8 Å². The number of hydrogen-bond acceptors (Lipinski definition) is 5. The number of aromatic amines is 1. The summed E-state index contributed by atoms with van der Waals surface area (Å²) in [6.07, 6.45) is 4.08. The maximum Gasteiger partial charge on any atom is 0.230 e. The lowest BCUT2D eigenvalue weighted by Crippen LogP contribution is -2.25. The van der Waals surface area contributed by atoms with E-state index in [4.69, 9.17) is 4.74 Å². The van der Waals surface area contributed by atoms with Crippen molar-refractivity contribution in [3.8, 4) is 11.4 Å². The van der Waals surface area contributed by atoms with E-state index in [2.05, 4.69) is 31.1 Å². The van der Waals surface area contributed by atoms with Gasteiger partial charge in [-0.25, -0.2) is 4.39 Å². The van der Waals surface area contributed by atoms with Crippen molar-refractivity contribution >= 4 is 28.6 Å². The van der Waals surface area contributed by atoms with Gasteiger partial charge in [-0.05, 0) is 43.0 Å². The normalized spacial score (nSPS) is 15.8. The van der Waals surface area contributed by atoms with E-state index in [1.165, 1.54) is 17.8 Å². The molecule has 1 aliphatic rings. The van der Waals surface area contributed by atoms with Crippen molar-refractivity contribution in [3.05, 3.63) is 65.6 Å². The molecule has 34 heavy (non-hydrogen) atoms. The van der Waals surface area contributed by atoms with Crippen LogP contribution in [0.5, 0.6) is 0 Å². The molecule has 1 unspecified atom stereocenters. The van der Waals surface area contributed by atoms with Crippen LogP contribution in [0.15, 0.2) is 53.8 Å². The molecule has 5 rings (SSSR count). The molecule has 1 amide bonds. The fourth-order valence-corrected chi connectivity index (χ4v) is 4.91. The minimum atomic E-state index is -0.270. The monoisotopic (exact) mass is 479 g/mol. The van der Waals surface area contributed by atoms with Crippen molar-refractivity contribution < 1.29 is 13.9 Å². The van der Waals surface area contributed by atoms with Gasteiger partial charge in [-0.1, -0.05) is 42.1 Å². The Labute approximate surface area is 201 Å². The number of rotatable bonds is 8. The number of carbonyl (C=O) groups excluding carboxylic acids is 1. The zero-order valence-electron chi connectivity index (χ0n) is 18.9. The first-order valence-corrected chi connectivity index (χ1v) is 12.3. The van der Waals surface area contributed by atoms with Gasteiger partial charge in [-0.15, -0.1) is 10.2 Å². The number of benzene rings is 2. The Morgan fingerprint density at radius 3 is 3.00 bits per heavy atom. The van der Waals surface area contributed by atoms with Gasteiger partial charge in [0.05, 0.1) is 18.4 Å². The Kier molecular flexibility index (Phi) is 6.64. The molecular formula is C25H26FN5O2S. The molecule has 0 bridgehead atoms. The molecule has 3 heterocycles. The van der Waals surface area contributed by atoms with E-state index in [9.17, 15) is 9.18 Å². The number of halogens is 1. The van der Waals surface area contributed by atoms with Crippen LogP contribution >= 0.6 is 11.8 Å². The Morgan fingerprint density at radius 1 is 1.29 bits per heavy atom. The largest absolute Gasteiger partial charge is 0.376 e. The van der Waals surface area contributed by atoms with Crippen LogP contribution in [-0.4, -0.2) is 44.1 Å². The van der Waals surface area contributed by atoms with Crippen LogP contribution < -0.4 is 5.32 Å². The van der Waals surface area contributed by atoms with Gasteiger partial charge in [0.2, 0.25) is 5.91 Å². The van der Waals surface area contributed by atoms with Gasteiger partial charge in [0.15, 0.2) is 11.0 Å². The Morgan fingerprint density at radius 2 is 2.18 bits per heavy atom. The van der Waals surface area contributed by atoms with Gasteiger partial charge in [0.25, 0.3) is 0 Å². The zero-order chi connectivity index (χ0) is 23.5. The third-order valence-corrected chi connectivity index (χ3v) is 6.98. The van der Waals surface area contributed by atoms with Crippen LogP contribution in [-0.2, 0) is 22.6 Å². The summed E-state index contributed by atoms with van der Waals surface area (Å²) in [6, 6.07) is 13.1. The highest BCUT2D eigenvalue weighted by atomic mass is 32.2. The highest BCUT2D eigenvalue weighted by Crippen LogP contribution is 2.31. The van der Waals surface area contributed by atoms with E-state index in [1.54, 1.807) is 13.0 Å². The van der Waals surface area contributed by atoms with Crippen molar-refractivity contribution in [2.45, 2.75) is 44.1 Å². The van der Waals surface area contributed by atoms with Crippen LogP contribution in [0.3, 0.4) is 0 Å². The maximum atomic E-state index is 13.8. The van der Waals surface area contributed by atoms with Crippen molar-refractivity contribution in [1.29, 1.82) is 0 Å². The van der Waals surface area contributed by atoms with E-state index in [0.29, 0.717) is 17.3 Å². The summed E-state index contributed by atoms with van der Waals surface area (Å²) >= 11 is 1.34. The highest BCUT2D eigenvalue weighted by Gasteiger charge is 2.23. The molecule has 2 aromatic carbocycles. The molecule has 1 saturated heterocycles. The van der Waals surface area contributed by atoms with Gasteiger partial charge >= 0.3 is 0 Å². The Bertz CT molecular complexity index is 1310. The number of nitrogens with zero attached hydrogens (tertiary/aromatic N) is 3. The van der Waals surface area contributed by atoms with Gasteiger partial charge in [-0.2, -0.15) is 0 Å². The number of aryl methyl sites for hydroxylation is 1. The summed E-state index contributed by atoms with van der Waals surface area (Å²) in [5.41, 5.74) is 3.32. The molecule has 0 aliphatic carbocycles. The molecule has 9 heteroatoms. The number of H-pyrrole nitrogens is 1. The van der Waals surface area contributed by atoms with Gasteiger partial charge < -0.3 is 15.0 Å². The molecule has 1 atom stereocenters. The summed E-state index contributed by atoms with van der Waals surface area (Å²) in [4.78, 5) is 15.8. The standard InChI is InChI=1S/C25H26FN5O2S/c1-16-8-9-17(11-21(16)26)12-28-23(32)15-34-25-30-29-24(31(25)14-18-5-4-10-33-18)20-13-27-22-7-3-2-6-19(20)22/h2-3,6-9,11,13,18,27H,4-5,10,12,14-15H2,1H3,(H,28,32). The van der Waals surface area contributed by atoms with Crippen LogP contribution in [0, 0.1) is 12.7 Å². The van der Waals surface area contributed by atoms with Crippen molar-refractivity contribution in [2.24, 2.45) is 0 Å². The average Bonchev–Trinajstić information content (AvgIpc) is 3.59. The summed E-state index contributed by atoms with van der Waals surface area (Å²) in [6.45, 7) is 3.39. The lowest BCUT2D eigenvalue weighted by atomic mass is 10.1. The number of ether oxygens (including phenoxy) is 1. The van der Waals surface area contributed by atoms with Crippen LogP contribution in [0.4, 0.5) is 4.39 Å². The number of aromatic nitrogens is 4. The second-order valence-electron chi connectivity index (χ2n) is 8.45. The lowest BCUT2D eigenvalue weighted by molar-refractivity contribution is -0.118. The lowest BCUT2D eigenvalue weighted by Gasteiger charge is -2.14. The fraction of sp³-hybridized carbons (Fsp3) is 0.320. The Hall–Kier alpha value is -3.17. The summed E-state index contributed by atoms with van der Waals surface area (Å²) in [5, 5.41) is 13.5. The predicted molar refractivity (Wildman–Crippen MR) is 130 cm³/mol. The molecule has 2 aromatic heterocycles. The smallest absolute Gasteiger partial charge is 0.230 e. The predicted octanol–water partition coefficient (Wildman–Crippen LogP) is 4.46. The number of thioether (sulfide) groups is 1. The molecule has 4 aromatic rings. The first-order chi connectivity index (χ1) is 16.6. The zero-order valence-corrected chi connectivity index (χ0v) is 19.7. The van der Waals surface area contributed by atoms with E-state index < -0.39 is 0 Å². The molecule has 7 nitrogen and oxygen atoms in total. The molecule has 1 fully saturated rings. The highest BCUT2D eigenvalue weighted by molar-refractivity contribution is 7.99. The minimum absolute atomic E-state index is 0.101. The second-order valence-corrected chi connectivity index (χ2v) is 9.39. The van der Waals surface area contributed by atoms with Crippen molar-refractivity contribution in [2.75, 3.05) is 12.4 Å². The molecule has 176 valence electrons. The topological polar surface area (TPSA) is 84.8 Å². The number of para-hydroxylation sites is 1. The maximum absolute atomic E-state index is 13.8. The van der Waals surface area contributed by atoms with Crippen LogP contribution in [0.1, 0.15) is 24.0 Å².